The summed E-state index contributed by atoms with van der Waals surface area (Å²) in [7, 11) is 0. The Hall–Kier alpha value is -1.47. The van der Waals surface area contributed by atoms with Gasteiger partial charge in [-0.1, -0.05) is 11.6 Å². The minimum Gasteiger partial charge on any atom is -0.323 e. The van der Waals surface area contributed by atoms with Gasteiger partial charge in [-0.25, -0.2) is 14.6 Å². The Bertz CT molecular complexity index is 530. The Morgan fingerprint density at radius 2 is 2.41 bits per heavy atom. The summed E-state index contributed by atoms with van der Waals surface area (Å²) in [4.78, 5) is 19.2. The molecule has 1 N–H and O–H groups in total. The van der Waals surface area contributed by atoms with Crippen LogP contribution in [-0.4, -0.2) is 25.7 Å². The minimum absolute atomic E-state index is 0.0975. The number of anilines is 1. The molecule has 0 radical (unpaired) electrons. The smallest absolute Gasteiger partial charge is 0.246 e. The second-order valence-corrected chi connectivity index (χ2v) is 4.35. The van der Waals surface area contributed by atoms with Gasteiger partial charge in [0.1, 0.15) is 24.4 Å². The molecule has 2 heterocycles. The highest BCUT2D eigenvalue weighted by molar-refractivity contribution is 9.10. The molecule has 2 aromatic heterocycles. The van der Waals surface area contributed by atoms with Gasteiger partial charge in [0, 0.05) is 0 Å². The molecule has 0 fully saturated rings. The van der Waals surface area contributed by atoms with E-state index in [1.807, 2.05) is 0 Å². The molecule has 0 aliphatic rings. The van der Waals surface area contributed by atoms with Crippen LogP contribution in [0.15, 0.2) is 29.4 Å². The van der Waals surface area contributed by atoms with Crippen LogP contribution < -0.4 is 5.32 Å². The fourth-order valence-electron chi connectivity index (χ4n) is 1.15. The number of amides is 1. The van der Waals surface area contributed by atoms with E-state index in [0.717, 1.165) is 0 Å². The highest BCUT2D eigenvalue weighted by Crippen LogP contribution is 2.22. The number of carbonyl (C=O) groups excluding carboxylic acids is 1. The Morgan fingerprint density at radius 3 is 3.06 bits per heavy atom. The zero-order valence-electron chi connectivity index (χ0n) is 8.47. The molecule has 6 nitrogen and oxygen atoms in total. The van der Waals surface area contributed by atoms with Gasteiger partial charge < -0.3 is 5.32 Å². The Kier molecular flexibility index (Phi) is 3.70. The van der Waals surface area contributed by atoms with Gasteiger partial charge in [-0.3, -0.25) is 4.79 Å². The molecule has 0 atom stereocenters. The van der Waals surface area contributed by atoms with Crippen molar-refractivity contribution < 1.29 is 4.79 Å². The van der Waals surface area contributed by atoms with Crippen LogP contribution in [0.3, 0.4) is 0 Å². The molecular weight excluding hydrogens is 309 g/mol. The van der Waals surface area contributed by atoms with Crippen molar-refractivity contribution in [3.63, 3.8) is 0 Å². The molecule has 0 bridgehead atoms. The van der Waals surface area contributed by atoms with Crippen LogP contribution in [0.4, 0.5) is 5.69 Å². The lowest BCUT2D eigenvalue weighted by molar-refractivity contribution is -0.116. The summed E-state index contributed by atoms with van der Waals surface area (Å²) in [5.41, 5.74) is 0.561. The topological polar surface area (TPSA) is 72.7 Å². The lowest BCUT2D eigenvalue weighted by Crippen LogP contribution is -2.19. The predicted octanol–water partition coefficient (Wildman–Crippen LogP) is 1.73. The van der Waals surface area contributed by atoms with Crippen molar-refractivity contribution in [3.8, 4) is 0 Å². The maximum atomic E-state index is 11.6. The molecule has 2 aromatic rings. The first-order valence-corrected chi connectivity index (χ1v) is 5.75. The van der Waals surface area contributed by atoms with Gasteiger partial charge in [-0.15, -0.1) is 0 Å². The first kappa shape index (κ1) is 12.0. The first-order chi connectivity index (χ1) is 8.15. The quantitative estimate of drug-likeness (QED) is 0.875. The van der Waals surface area contributed by atoms with Crippen LogP contribution in [-0.2, 0) is 11.3 Å². The van der Waals surface area contributed by atoms with Crippen LogP contribution in [0.1, 0.15) is 0 Å². The summed E-state index contributed by atoms with van der Waals surface area (Å²) in [5.74, 6) is -0.216. The normalized spacial score (nSPS) is 10.2. The molecule has 0 saturated carbocycles. The third-order valence-corrected chi connectivity index (χ3v) is 2.99. The van der Waals surface area contributed by atoms with Gasteiger partial charge in [-0.2, -0.15) is 5.10 Å². The average Bonchev–Trinajstić information content (AvgIpc) is 2.76. The molecule has 0 saturated heterocycles. The van der Waals surface area contributed by atoms with Crippen LogP contribution >= 0.6 is 27.5 Å². The molecule has 1 amide bonds. The van der Waals surface area contributed by atoms with Gasteiger partial charge in [0.15, 0.2) is 0 Å². The summed E-state index contributed by atoms with van der Waals surface area (Å²) in [5, 5.41) is 6.84. The Balaban J connectivity index is 2.00. The SMILES string of the molecule is O=C(Cn1cncn1)Nc1cnc(Cl)c(Br)c1. The minimum atomic E-state index is -0.216. The van der Waals surface area contributed by atoms with Crippen molar-refractivity contribution in [2.75, 3.05) is 5.32 Å². The molecule has 88 valence electrons. The molecule has 0 spiro atoms. The number of halogens is 2. The lowest BCUT2D eigenvalue weighted by Gasteiger charge is -2.05. The van der Waals surface area contributed by atoms with E-state index in [4.69, 9.17) is 11.6 Å². The fourth-order valence-corrected chi connectivity index (χ4v) is 1.60. The summed E-state index contributed by atoms with van der Waals surface area (Å²) in [6, 6.07) is 1.68. The van der Waals surface area contributed by atoms with E-state index in [9.17, 15) is 4.79 Å². The Morgan fingerprint density at radius 1 is 1.59 bits per heavy atom. The van der Waals surface area contributed by atoms with Crippen molar-refractivity contribution in [2.24, 2.45) is 0 Å². The second-order valence-electron chi connectivity index (χ2n) is 3.14. The fraction of sp³-hybridized carbons (Fsp3) is 0.111. The summed E-state index contributed by atoms with van der Waals surface area (Å²) in [6.45, 7) is 0.0975. The molecule has 0 aromatic carbocycles. The molecule has 0 aliphatic heterocycles. The molecular formula is C9H7BrClN5O. The van der Waals surface area contributed by atoms with Gasteiger partial charge in [0.2, 0.25) is 5.91 Å². The van der Waals surface area contributed by atoms with Gasteiger partial charge in [-0.05, 0) is 22.0 Å². The van der Waals surface area contributed by atoms with E-state index in [2.05, 4.69) is 36.3 Å². The number of nitrogens with zero attached hydrogens (tertiary/aromatic N) is 4. The predicted molar refractivity (Wildman–Crippen MR) is 65.6 cm³/mol. The average molecular weight is 317 g/mol. The van der Waals surface area contributed by atoms with E-state index in [0.29, 0.717) is 15.3 Å². The number of hydrogen-bond acceptors (Lipinski definition) is 4. The summed E-state index contributed by atoms with van der Waals surface area (Å²) >= 11 is 8.96. The van der Waals surface area contributed by atoms with Crippen molar-refractivity contribution >= 4 is 39.1 Å². The van der Waals surface area contributed by atoms with Crippen LogP contribution in [0.2, 0.25) is 5.15 Å². The van der Waals surface area contributed by atoms with Crippen molar-refractivity contribution in [1.82, 2.24) is 19.7 Å². The van der Waals surface area contributed by atoms with Gasteiger partial charge >= 0.3 is 0 Å². The van der Waals surface area contributed by atoms with Crippen LogP contribution in [0.5, 0.6) is 0 Å². The van der Waals surface area contributed by atoms with Gasteiger partial charge in [0.25, 0.3) is 0 Å². The molecule has 8 heteroatoms. The van der Waals surface area contributed by atoms with Crippen LogP contribution in [0.25, 0.3) is 0 Å². The number of aromatic nitrogens is 4. The monoisotopic (exact) mass is 315 g/mol. The molecule has 0 aliphatic carbocycles. The van der Waals surface area contributed by atoms with E-state index in [-0.39, 0.29) is 12.5 Å². The highest BCUT2D eigenvalue weighted by Gasteiger charge is 2.06. The molecule has 17 heavy (non-hydrogen) atoms. The zero-order valence-corrected chi connectivity index (χ0v) is 10.8. The third kappa shape index (κ3) is 3.24. The largest absolute Gasteiger partial charge is 0.323 e. The number of rotatable bonds is 3. The molecule has 0 unspecified atom stereocenters. The highest BCUT2D eigenvalue weighted by atomic mass is 79.9. The van der Waals surface area contributed by atoms with E-state index in [1.165, 1.54) is 23.5 Å². The third-order valence-electron chi connectivity index (χ3n) is 1.85. The maximum absolute atomic E-state index is 11.6. The number of pyridine rings is 1. The lowest BCUT2D eigenvalue weighted by atomic mass is 10.4. The van der Waals surface area contributed by atoms with E-state index >= 15 is 0 Å². The van der Waals surface area contributed by atoms with E-state index in [1.54, 1.807) is 6.07 Å². The summed E-state index contributed by atoms with van der Waals surface area (Å²) < 4.78 is 2.05. The zero-order chi connectivity index (χ0) is 12.3. The number of carbonyl (C=O) groups is 1. The number of nitrogens with one attached hydrogen (secondary N) is 1. The van der Waals surface area contributed by atoms with Gasteiger partial charge in [0.05, 0.1) is 16.4 Å². The summed E-state index contributed by atoms with van der Waals surface area (Å²) in [6.07, 6.45) is 4.32. The standard InChI is InChI=1S/C9H7BrClN5O/c10-7-1-6(2-13-9(7)11)15-8(17)3-16-5-12-4-14-16/h1-2,4-5H,3H2,(H,15,17). The van der Waals surface area contributed by atoms with Crippen molar-refractivity contribution in [2.45, 2.75) is 6.54 Å². The van der Waals surface area contributed by atoms with E-state index < -0.39 is 0 Å². The number of hydrogen-bond donors (Lipinski definition) is 1. The Labute approximate surface area is 110 Å². The van der Waals surface area contributed by atoms with Crippen LogP contribution in [0, 0.1) is 0 Å². The molecule has 2 rings (SSSR count). The van der Waals surface area contributed by atoms with Crippen molar-refractivity contribution in [1.29, 1.82) is 0 Å². The maximum Gasteiger partial charge on any atom is 0.246 e. The van der Waals surface area contributed by atoms with Crippen molar-refractivity contribution in [3.05, 3.63) is 34.5 Å². The first-order valence-electron chi connectivity index (χ1n) is 4.58. The second kappa shape index (κ2) is 5.24.